The average Bonchev–Trinajstić information content (AvgIpc) is 2.24. The van der Waals surface area contributed by atoms with E-state index in [-0.39, 0.29) is 17.2 Å². The summed E-state index contributed by atoms with van der Waals surface area (Å²) in [5.74, 6) is 0.318. The smallest absolute Gasteiger partial charge is 0.255 e. The minimum Gasteiger partial charge on any atom is -0.505 e. The Balaban J connectivity index is 2.39. The minimum absolute atomic E-state index is 0.0798. The molecule has 0 radical (unpaired) electrons. The summed E-state index contributed by atoms with van der Waals surface area (Å²) in [5, 5.41) is 12.2. The van der Waals surface area contributed by atoms with Gasteiger partial charge >= 0.3 is 0 Å². The third-order valence-electron chi connectivity index (χ3n) is 2.29. The Bertz CT molecular complexity index is 351. The average molecular weight is 222 g/mol. The summed E-state index contributed by atoms with van der Waals surface area (Å²) in [5.41, 5.74) is 0.277. The van der Waals surface area contributed by atoms with Crippen molar-refractivity contribution in [2.24, 2.45) is 5.92 Å². The number of nitrogens with one attached hydrogen (secondary N) is 1. The van der Waals surface area contributed by atoms with E-state index < -0.39 is 0 Å². The van der Waals surface area contributed by atoms with Gasteiger partial charge < -0.3 is 10.4 Å². The van der Waals surface area contributed by atoms with Crippen LogP contribution in [0.2, 0.25) is 0 Å². The van der Waals surface area contributed by atoms with E-state index >= 15 is 0 Å². The van der Waals surface area contributed by atoms with Gasteiger partial charge in [0, 0.05) is 12.7 Å². The van der Waals surface area contributed by atoms with Gasteiger partial charge in [-0.1, -0.05) is 13.8 Å². The first-order valence-electron chi connectivity index (χ1n) is 5.52. The lowest BCUT2D eigenvalue weighted by molar-refractivity contribution is 0.0949. The van der Waals surface area contributed by atoms with Crippen LogP contribution in [0.25, 0.3) is 0 Å². The maximum Gasteiger partial charge on any atom is 0.255 e. The van der Waals surface area contributed by atoms with Crippen molar-refractivity contribution in [2.75, 3.05) is 6.54 Å². The molecule has 1 amide bonds. The van der Waals surface area contributed by atoms with Gasteiger partial charge in [0.1, 0.15) is 5.75 Å². The molecule has 1 rings (SSSR count). The molecule has 0 aliphatic heterocycles. The standard InChI is InChI=1S/C12H18N2O2/c1-9(2)4-3-6-14-12(16)10-5-7-13-8-11(10)15/h5,7-9,15H,3-4,6H2,1-2H3,(H,14,16). The van der Waals surface area contributed by atoms with E-state index in [1.807, 2.05) is 0 Å². The van der Waals surface area contributed by atoms with Gasteiger partial charge in [0.05, 0.1) is 11.8 Å². The van der Waals surface area contributed by atoms with Crippen molar-refractivity contribution < 1.29 is 9.90 Å². The van der Waals surface area contributed by atoms with Crippen LogP contribution in [0.5, 0.6) is 5.75 Å². The first-order chi connectivity index (χ1) is 7.61. The lowest BCUT2D eigenvalue weighted by Crippen LogP contribution is -2.24. The van der Waals surface area contributed by atoms with Crippen LogP contribution in [0.3, 0.4) is 0 Å². The van der Waals surface area contributed by atoms with Crippen molar-refractivity contribution in [1.82, 2.24) is 10.3 Å². The third kappa shape index (κ3) is 3.88. The molecule has 0 bridgehead atoms. The SMILES string of the molecule is CC(C)CCCNC(=O)c1ccncc1O. The van der Waals surface area contributed by atoms with Crippen molar-refractivity contribution in [1.29, 1.82) is 0 Å². The molecule has 4 nitrogen and oxygen atoms in total. The predicted octanol–water partition coefficient (Wildman–Crippen LogP) is 1.95. The van der Waals surface area contributed by atoms with Crippen molar-refractivity contribution >= 4 is 5.91 Å². The zero-order chi connectivity index (χ0) is 12.0. The summed E-state index contributed by atoms with van der Waals surface area (Å²) >= 11 is 0. The number of hydrogen-bond donors (Lipinski definition) is 2. The maximum absolute atomic E-state index is 11.6. The lowest BCUT2D eigenvalue weighted by atomic mass is 10.1. The first-order valence-corrected chi connectivity index (χ1v) is 5.52. The van der Waals surface area contributed by atoms with E-state index in [1.165, 1.54) is 18.5 Å². The molecule has 2 N–H and O–H groups in total. The highest BCUT2D eigenvalue weighted by Gasteiger charge is 2.09. The largest absolute Gasteiger partial charge is 0.505 e. The molecule has 0 unspecified atom stereocenters. The number of aromatic hydroxyl groups is 1. The van der Waals surface area contributed by atoms with Crippen LogP contribution in [0.4, 0.5) is 0 Å². The summed E-state index contributed by atoms with van der Waals surface area (Å²) in [7, 11) is 0. The predicted molar refractivity (Wildman–Crippen MR) is 62.3 cm³/mol. The molecular formula is C12H18N2O2. The number of aromatic nitrogens is 1. The summed E-state index contributed by atoms with van der Waals surface area (Å²) < 4.78 is 0. The summed E-state index contributed by atoms with van der Waals surface area (Å²) in [6, 6.07) is 1.51. The Morgan fingerprint density at radius 1 is 1.56 bits per heavy atom. The Labute approximate surface area is 95.7 Å². The highest BCUT2D eigenvalue weighted by Crippen LogP contribution is 2.13. The number of carbonyl (C=O) groups is 1. The van der Waals surface area contributed by atoms with Crippen LogP contribution in [-0.4, -0.2) is 22.5 Å². The molecule has 1 heterocycles. The van der Waals surface area contributed by atoms with E-state index in [2.05, 4.69) is 24.1 Å². The Morgan fingerprint density at radius 2 is 2.31 bits per heavy atom. The van der Waals surface area contributed by atoms with Crippen molar-refractivity contribution in [3.05, 3.63) is 24.0 Å². The third-order valence-corrected chi connectivity index (χ3v) is 2.29. The maximum atomic E-state index is 11.6. The van der Waals surface area contributed by atoms with Crippen LogP contribution in [0.1, 0.15) is 37.0 Å². The van der Waals surface area contributed by atoms with Gasteiger partial charge in [-0.2, -0.15) is 0 Å². The Hall–Kier alpha value is -1.58. The molecular weight excluding hydrogens is 204 g/mol. The monoisotopic (exact) mass is 222 g/mol. The molecule has 0 aliphatic rings. The van der Waals surface area contributed by atoms with Crippen molar-refractivity contribution in [2.45, 2.75) is 26.7 Å². The molecule has 4 heteroatoms. The fourth-order valence-corrected chi connectivity index (χ4v) is 1.39. The van der Waals surface area contributed by atoms with Crippen LogP contribution in [0, 0.1) is 5.92 Å². The van der Waals surface area contributed by atoms with Crippen LogP contribution < -0.4 is 5.32 Å². The molecule has 0 aliphatic carbocycles. The molecule has 16 heavy (non-hydrogen) atoms. The highest BCUT2D eigenvalue weighted by molar-refractivity contribution is 5.96. The highest BCUT2D eigenvalue weighted by atomic mass is 16.3. The fourth-order valence-electron chi connectivity index (χ4n) is 1.39. The van der Waals surface area contributed by atoms with Gasteiger partial charge in [0.2, 0.25) is 0 Å². The molecule has 1 aromatic heterocycles. The second kappa shape index (κ2) is 6.10. The molecule has 0 saturated heterocycles. The van der Waals surface area contributed by atoms with Crippen LogP contribution in [-0.2, 0) is 0 Å². The van der Waals surface area contributed by atoms with E-state index in [0.717, 1.165) is 12.8 Å². The first kappa shape index (κ1) is 12.5. The van der Waals surface area contributed by atoms with Gasteiger partial charge in [0.25, 0.3) is 5.91 Å². The second-order valence-corrected chi connectivity index (χ2v) is 4.18. The number of rotatable bonds is 5. The van der Waals surface area contributed by atoms with E-state index in [1.54, 1.807) is 0 Å². The van der Waals surface area contributed by atoms with Crippen LogP contribution in [0.15, 0.2) is 18.5 Å². The fraction of sp³-hybridized carbons (Fsp3) is 0.500. The van der Waals surface area contributed by atoms with Gasteiger partial charge in [-0.3, -0.25) is 9.78 Å². The van der Waals surface area contributed by atoms with Crippen molar-refractivity contribution in [3.8, 4) is 5.75 Å². The van der Waals surface area contributed by atoms with Gasteiger partial charge in [-0.25, -0.2) is 0 Å². The van der Waals surface area contributed by atoms with Crippen LogP contribution >= 0.6 is 0 Å². The Morgan fingerprint density at radius 3 is 2.94 bits per heavy atom. The number of amides is 1. The molecule has 0 atom stereocenters. The summed E-state index contributed by atoms with van der Waals surface area (Å²) in [6.45, 7) is 4.94. The molecule has 0 fully saturated rings. The van der Waals surface area contributed by atoms with Gasteiger partial charge in [-0.05, 0) is 24.8 Å². The van der Waals surface area contributed by atoms with Gasteiger partial charge in [0.15, 0.2) is 0 Å². The van der Waals surface area contributed by atoms with E-state index in [0.29, 0.717) is 12.5 Å². The number of pyridine rings is 1. The normalized spacial score (nSPS) is 10.4. The number of nitrogens with zero attached hydrogens (tertiary/aromatic N) is 1. The summed E-state index contributed by atoms with van der Waals surface area (Å²) in [4.78, 5) is 15.3. The Kier molecular flexibility index (Phi) is 4.76. The molecule has 0 aromatic carbocycles. The van der Waals surface area contributed by atoms with Gasteiger partial charge in [-0.15, -0.1) is 0 Å². The zero-order valence-electron chi connectivity index (χ0n) is 9.73. The molecule has 1 aromatic rings. The van der Waals surface area contributed by atoms with Crippen molar-refractivity contribution in [3.63, 3.8) is 0 Å². The quantitative estimate of drug-likeness (QED) is 0.748. The molecule has 88 valence electrons. The number of carbonyl (C=O) groups excluding carboxylic acids is 1. The molecule has 0 saturated carbocycles. The summed E-state index contributed by atoms with van der Waals surface area (Å²) in [6.07, 6.45) is 4.80. The number of hydrogen-bond acceptors (Lipinski definition) is 3. The van der Waals surface area contributed by atoms with E-state index in [4.69, 9.17) is 0 Å². The molecule has 0 spiro atoms. The topological polar surface area (TPSA) is 62.2 Å². The second-order valence-electron chi connectivity index (χ2n) is 4.18. The van der Waals surface area contributed by atoms with E-state index in [9.17, 15) is 9.90 Å². The minimum atomic E-state index is -0.247. The zero-order valence-corrected chi connectivity index (χ0v) is 9.73. The lowest BCUT2D eigenvalue weighted by Gasteiger charge is -2.07.